The number of carbonyl (C=O) groups is 2. The molecule has 0 aliphatic rings. The summed E-state index contributed by atoms with van der Waals surface area (Å²) in [5.74, 6) is -1.64. The van der Waals surface area contributed by atoms with Crippen molar-refractivity contribution in [2.24, 2.45) is 11.8 Å². The van der Waals surface area contributed by atoms with Crippen molar-refractivity contribution in [1.29, 1.82) is 0 Å². The zero-order valence-corrected chi connectivity index (χ0v) is 14.9. The number of carbonyl (C=O) groups excluding carboxylic acids is 2. The Morgan fingerprint density at radius 1 is 0.773 bits per heavy atom. The minimum Gasteiger partial charge on any atom is -0.465 e. The average molecular weight is 314 g/mol. The zero-order chi connectivity index (χ0) is 16.8. The van der Waals surface area contributed by atoms with Crippen LogP contribution in [0.3, 0.4) is 0 Å². The molecule has 0 rings (SSSR count). The van der Waals surface area contributed by atoms with Crippen LogP contribution in [0.1, 0.15) is 79.1 Å². The van der Waals surface area contributed by atoms with Crippen LogP contribution in [0.4, 0.5) is 0 Å². The molecule has 0 spiro atoms. The van der Waals surface area contributed by atoms with E-state index >= 15 is 0 Å². The maximum atomic E-state index is 12.2. The van der Waals surface area contributed by atoms with Crippen LogP contribution in [0.15, 0.2) is 0 Å². The molecular weight excluding hydrogens is 280 g/mol. The summed E-state index contributed by atoms with van der Waals surface area (Å²) >= 11 is 0. The highest BCUT2D eigenvalue weighted by Gasteiger charge is 2.34. The fraction of sp³-hybridized carbons (Fsp3) is 0.889. The first-order valence-corrected chi connectivity index (χ1v) is 8.91. The highest BCUT2D eigenvalue weighted by molar-refractivity contribution is 5.95. The molecule has 0 aromatic carbocycles. The quantitative estimate of drug-likeness (QED) is 0.285. The second-order valence-corrected chi connectivity index (χ2v) is 5.99. The third-order valence-corrected chi connectivity index (χ3v) is 3.82. The van der Waals surface area contributed by atoms with Crippen molar-refractivity contribution >= 4 is 11.9 Å². The van der Waals surface area contributed by atoms with Gasteiger partial charge in [-0.15, -0.1) is 0 Å². The fourth-order valence-corrected chi connectivity index (χ4v) is 2.26. The number of esters is 2. The van der Waals surface area contributed by atoms with E-state index in [0.29, 0.717) is 13.2 Å². The maximum Gasteiger partial charge on any atom is 0.320 e. The van der Waals surface area contributed by atoms with Crippen LogP contribution in [0, 0.1) is 11.8 Å². The topological polar surface area (TPSA) is 52.6 Å². The Kier molecular flexibility index (Phi) is 12.9. The molecular formula is C18H34O4. The molecule has 0 aliphatic carbocycles. The summed E-state index contributed by atoms with van der Waals surface area (Å²) in [4.78, 5) is 24.5. The zero-order valence-electron chi connectivity index (χ0n) is 14.9. The van der Waals surface area contributed by atoms with Crippen molar-refractivity contribution in [2.45, 2.75) is 79.1 Å². The van der Waals surface area contributed by atoms with Crippen LogP contribution < -0.4 is 0 Å². The fourth-order valence-electron chi connectivity index (χ4n) is 2.26. The summed E-state index contributed by atoms with van der Waals surface area (Å²) in [7, 11) is 0. The number of hydrogen-bond acceptors (Lipinski definition) is 4. The molecule has 0 bridgehead atoms. The summed E-state index contributed by atoms with van der Waals surface area (Å²) in [6.07, 6.45) is 7.70. The monoisotopic (exact) mass is 314 g/mol. The van der Waals surface area contributed by atoms with Gasteiger partial charge in [-0.3, -0.25) is 9.59 Å². The van der Waals surface area contributed by atoms with E-state index in [1.165, 1.54) is 0 Å². The first-order chi connectivity index (χ1) is 10.6. The lowest BCUT2D eigenvalue weighted by Crippen LogP contribution is -2.33. The Balaban J connectivity index is 4.58. The van der Waals surface area contributed by atoms with Gasteiger partial charge in [0.05, 0.1) is 13.2 Å². The molecule has 0 amide bonds. The SMILES string of the molecule is CCCCC[C@@H](C)C(C(=O)OCCCC)C(=O)OCCCC. The molecule has 1 atom stereocenters. The molecule has 0 saturated carbocycles. The molecule has 0 N–H and O–H groups in total. The molecule has 0 unspecified atom stereocenters. The Labute approximate surface area is 135 Å². The van der Waals surface area contributed by atoms with E-state index in [1.807, 2.05) is 20.8 Å². The van der Waals surface area contributed by atoms with E-state index in [0.717, 1.165) is 51.4 Å². The highest BCUT2D eigenvalue weighted by Crippen LogP contribution is 2.22. The molecule has 0 aromatic rings. The summed E-state index contributed by atoms with van der Waals surface area (Å²) in [6, 6.07) is 0. The van der Waals surface area contributed by atoms with Gasteiger partial charge in [-0.25, -0.2) is 0 Å². The van der Waals surface area contributed by atoms with Gasteiger partial charge in [0.2, 0.25) is 0 Å². The predicted molar refractivity (Wildman–Crippen MR) is 88.5 cm³/mol. The molecule has 0 fully saturated rings. The predicted octanol–water partition coefficient (Wildman–Crippen LogP) is 4.51. The lowest BCUT2D eigenvalue weighted by molar-refractivity contribution is -0.165. The smallest absolute Gasteiger partial charge is 0.320 e. The van der Waals surface area contributed by atoms with Crippen LogP contribution in [0.25, 0.3) is 0 Å². The standard InChI is InChI=1S/C18H34O4/c1-5-8-11-12-15(4)16(17(19)21-13-9-6-2)18(20)22-14-10-7-3/h15-16H,5-14H2,1-4H3/t15-/m1/s1. The van der Waals surface area contributed by atoms with E-state index in [4.69, 9.17) is 9.47 Å². The number of hydrogen-bond donors (Lipinski definition) is 0. The van der Waals surface area contributed by atoms with Gasteiger partial charge in [-0.2, -0.15) is 0 Å². The first kappa shape index (κ1) is 20.9. The number of ether oxygens (including phenoxy) is 2. The van der Waals surface area contributed by atoms with E-state index < -0.39 is 17.9 Å². The van der Waals surface area contributed by atoms with E-state index in [-0.39, 0.29) is 5.92 Å². The second-order valence-electron chi connectivity index (χ2n) is 5.99. The maximum absolute atomic E-state index is 12.2. The average Bonchev–Trinajstić information content (AvgIpc) is 2.48. The van der Waals surface area contributed by atoms with Gasteiger partial charge in [0.25, 0.3) is 0 Å². The van der Waals surface area contributed by atoms with Crippen molar-refractivity contribution in [2.75, 3.05) is 13.2 Å². The summed E-state index contributed by atoms with van der Waals surface area (Å²) in [6.45, 7) is 8.93. The normalized spacial score (nSPS) is 12.2. The molecule has 22 heavy (non-hydrogen) atoms. The first-order valence-electron chi connectivity index (χ1n) is 8.91. The third kappa shape index (κ3) is 9.06. The Morgan fingerprint density at radius 3 is 1.64 bits per heavy atom. The van der Waals surface area contributed by atoms with Crippen LogP contribution in [-0.2, 0) is 19.1 Å². The van der Waals surface area contributed by atoms with Crippen LogP contribution >= 0.6 is 0 Å². The largest absolute Gasteiger partial charge is 0.465 e. The Morgan fingerprint density at radius 2 is 1.23 bits per heavy atom. The van der Waals surface area contributed by atoms with Gasteiger partial charge in [0.15, 0.2) is 5.92 Å². The summed E-state index contributed by atoms with van der Waals surface area (Å²) in [5, 5.41) is 0. The van der Waals surface area contributed by atoms with Gasteiger partial charge in [-0.05, 0) is 25.2 Å². The summed E-state index contributed by atoms with van der Waals surface area (Å²) in [5.41, 5.74) is 0. The van der Waals surface area contributed by atoms with Crippen LogP contribution in [0.2, 0.25) is 0 Å². The minimum atomic E-state index is -0.773. The summed E-state index contributed by atoms with van der Waals surface area (Å²) < 4.78 is 10.5. The van der Waals surface area contributed by atoms with E-state index in [2.05, 4.69) is 6.92 Å². The molecule has 0 aliphatic heterocycles. The lowest BCUT2D eigenvalue weighted by Gasteiger charge is -2.21. The molecule has 4 nitrogen and oxygen atoms in total. The molecule has 0 aromatic heterocycles. The van der Waals surface area contributed by atoms with Gasteiger partial charge in [0.1, 0.15) is 0 Å². The minimum absolute atomic E-state index is 0.0326. The van der Waals surface area contributed by atoms with E-state index in [9.17, 15) is 9.59 Å². The van der Waals surface area contributed by atoms with Crippen molar-refractivity contribution in [3.63, 3.8) is 0 Å². The second kappa shape index (κ2) is 13.6. The third-order valence-electron chi connectivity index (χ3n) is 3.82. The van der Waals surface area contributed by atoms with Gasteiger partial charge < -0.3 is 9.47 Å². The molecule has 130 valence electrons. The van der Waals surface area contributed by atoms with Gasteiger partial charge in [-0.1, -0.05) is 59.8 Å². The molecule has 4 heteroatoms. The van der Waals surface area contributed by atoms with E-state index in [1.54, 1.807) is 0 Å². The van der Waals surface area contributed by atoms with Crippen molar-refractivity contribution < 1.29 is 19.1 Å². The number of rotatable bonds is 13. The number of unbranched alkanes of at least 4 members (excludes halogenated alkanes) is 4. The van der Waals surface area contributed by atoms with Crippen LogP contribution in [0.5, 0.6) is 0 Å². The molecule has 0 heterocycles. The van der Waals surface area contributed by atoms with Crippen LogP contribution in [-0.4, -0.2) is 25.2 Å². The van der Waals surface area contributed by atoms with Gasteiger partial charge in [0, 0.05) is 0 Å². The van der Waals surface area contributed by atoms with Gasteiger partial charge >= 0.3 is 11.9 Å². The highest BCUT2D eigenvalue weighted by atomic mass is 16.6. The van der Waals surface area contributed by atoms with Crippen molar-refractivity contribution in [3.05, 3.63) is 0 Å². The Hall–Kier alpha value is -1.06. The Bertz CT molecular complexity index is 279. The molecule has 0 saturated heterocycles. The van der Waals surface area contributed by atoms with Crippen molar-refractivity contribution in [3.8, 4) is 0 Å². The van der Waals surface area contributed by atoms with Crippen molar-refractivity contribution in [1.82, 2.24) is 0 Å². The lowest BCUT2D eigenvalue weighted by atomic mass is 9.89. The molecule has 0 radical (unpaired) electrons.